The number of aryl methyl sites for hydroxylation is 1. The molecule has 0 aliphatic carbocycles. The number of para-hydroxylation sites is 1. The van der Waals surface area contributed by atoms with Gasteiger partial charge < -0.3 is 0 Å². The van der Waals surface area contributed by atoms with Gasteiger partial charge in [0, 0.05) is 16.1 Å². The van der Waals surface area contributed by atoms with E-state index in [1.54, 1.807) is 4.57 Å². The lowest BCUT2D eigenvalue weighted by Crippen LogP contribution is -2.27. The summed E-state index contributed by atoms with van der Waals surface area (Å²) in [5, 5.41) is 1.74. The first-order valence-corrected chi connectivity index (χ1v) is 7.78. The van der Waals surface area contributed by atoms with Crippen LogP contribution in [0, 0.1) is 6.92 Å². The third kappa shape index (κ3) is 2.46. The molecular weight excluding hydrogens is 290 g/mol. The number of nitrogens with zero attached hydrogens (tertiary/aromatic N) is 1. The number of aromatic nitrogens is 1. The Morgan fingerprint density at radius 2 is 1.68 bits per heavy atom. The first-order chi connectivity index (χ1) is 10.4. The first kappa shape index (κ1) is 14.9. The third-order valence-corrected chi connectivity index (χ3v) is 4.13. The Morgan fingerprint density at radius 3 is 2.32 bits per heavy atom. The molecular formula is C19H19NOS. The number of thiol groups is 1. The van der Waals surface area contributed by atoms with E-state index in [1.807, 2.05) is 69.3 Å². The summed E-state index contributed by atoms with van der Waals surface area (Å²) in [5.74, 6) is 0. The zero-order valence-electron chi connectivity index (χ0n) is 13.0. The molecule has 0 fully saturated rings. The topological polar surface area (TPSA) is 22.0 Å². The Morgan fingerprint density at radius 1 is 1.00 bits per heavy atom. The van der Waals surface area contributed by atoms with E-state index in [1.165, 1.54) is 0 Å². The molecule has 3 aromatic rings. The molecule has 2 nitrogen and oxygen atoms in total. The molecule has 0 aliphatic heterocycles. The summed E-state index contributed by atoms with van der Waals surface area (Å²) < 4.78 is 1.36. The molecule has 0 N–H and O–H groups in total. The van der Waals surface area contributed by atoms with Crippen molar-refractivity contribution in [3.63, 3.8) is 0 Å². The zero-order valence-corrected chi connectivity index (χ0v) is 13.9. The Bertz CT molecular complexity index is 889. The molecule has 3 heteroatoms. The van der Waals surface area contributed by atoms with Crippen LogP contribution >= 0.6 is 12.6 Å². The molecule has 0 bridgehead atoms. The van der Waals surface area contributed by atoms with Gasteiger partial charge in [0.2, 0.25) is 0 Å². The predicted octanol–water partition coefficient (Wildman–Crippen LogP) is 4.46. The molecule has 0 radical (unpaired) electrons. The van der Waals surface area contributed by atoms with Crippen LogP contribution in [0.1, 0.15) is 25.1 Å². The van der Waals surface area contributed by atoms with Crippen molar-refractivity contribution in [2.45, 2.75) is 25.5 Å². The average molecular weight is 309 g/mol. The van der Waals surface area contributed by atoms with Crippen LogP contribution in [0.3, 0.4) is 0 Å². The largest absolute Gasteiger partial charge is 0.279 e. The minimum atomic E-state index is -0.424. The van der Waals surface area contributed by atoms with Crippen molar-refractivity contribution in [1.29, 1.82) is 0 Å². The molecule has 112 valence electrons. The number of hydrogen-bond donors (Lipinski definition) is 1. The van der Waals surface area contributed by atoms with Crippen LogP contribution in [0.4, 0.5) is 0 Å². The van der Waals surface area contributed by atoms with E-state index in [2.05, 4.69) is 6.07 Å². The Hall–Kier alpha value is -2.00. The van der Waals surface area contributed by atoms with Crippen LogP contribution in [0.5, 0.6) is 0 Å². The maximum atomic E-state index is 13.1. The van der Waals surface area contributed by atoms with Gasteiger partial charge in [-0.3, -0.25) is 9.36 Å². The number of hydrogen-bond acceptors (Lipinski definition) is 2. The molecule has 3 rings (SSSR count). The molecule has 0 spiro atoms. The average Bonchev–Trinajstić information content (AvgIpc) is 2.47. The summed E-state index contributed by atoms with van der Waals surface area (Å²) in [5.41, 5.74) is 2.77. The molecule has 0 saturated heterocycles. The Balaban J connectivity index is 2.50. The smallest absolute Gasteiger partial charge is 0.263 e. The number of fused-ring (bicyclic) bond motifs is 1. The second-order valence-corrected chi connectivity index (χ2v) is 7.22. The molecule has 0 atom stereocenters. The number of rotatable bonds is 2. The van der Waals surface area contributed by atoms with Crippen LogP contribution in [0.25, 0.3) is 16.5 Å². The second kappa shape index (κ2) is 5.33. The van der Waals surface area contributed by atoms with E-state index >= 15 is 0 Å². The standard InChI is InChI=1S/C19H19NOS/c1-13-8-7-9-14-12-16(19(2,3)22)20(18(21)17(13)14)15-10-5-4-6-11-15/h4-12,22H,1-3H3. The van der Waals surface area contributed by atoms with Gasteiger partial charge in [-0.1, -0.05) is 36.4 Å². The third-order valence-electron chi connectivity index (χ3n) is 3.90. The van der Waals surface area contributed by atoms with E-state index in [9.17, 15) is 4.79 Å². The van der Waals surface area contributed by atoms with Gasteiger partial charge in [0.25, 0.3) is 5.56 Å². The van der Waals surface area contributed by atoms with Crippen LogP contribution in [0.2, 0.25) is 0 Å². The van der Waals surface area contributed by atoms with Gasteiger partial charge >= 0.3 is 0 Å². The maximum Gasteiger partial charge on any atom is 0.263 e. The number of benzene rings is 2. The molecule has 0 amide bonds. The van der Waals surface area contributed by atoms with Gasteiger partial charge in [-0.2, -0.15) is 12.6 Å². The highest BCUT2D eigenvalue weighted by atomic mass is 32.1. The number of pyridine rings is 1. The van der Waals surface area contributed by atoms with Crippen molar-refractivity contribution in [2.24, 2.45) is 0 Å². The van der Waals surface area contributed by atoms with Crippen molar-refractivity contribution in [3.8, 4) is 5.69 Å². The molecule has 0 unspecified atom stereocenters. The monoisotopic (exact) mass is 309 g/mol. The van der Waals surface area contributed by atoms with Crippen LogP contribution in [-0.2, 0) is 4.75 Å². The molecule has 0 saturated carbocycles. The zero-order chi connectivity index (χ0) is 15.9. The van der Waals surface area contributed by atoms with Crippen molar-refractivity contribution >= 4 is 23.4 Å². The SMILES string of the molecule is Cc1cccc2cc(C(C)(C)S)n(-c3ccccc3)c(=O)c12. The van der Waals surface area contributed by atoms with Crippen LogP contribution in [0.15, 0.2) is 59.4 Å². The molecule has 22 heavy (non-hydrogen) atoms. The van der Waals surface area contributed by atoms with Crippen LogP contribution in [-0.4, -0.2) is 4.57 Å². The van der Waals surface area contributed by atoms with E-state index in [0.29, 0.717) is 0 Å². The fourth-order valence-corrected chi connectivity index (χ4v) is 2.98. The summed E-state index contributed by atoms with van der Waals surface area (Å²) in [6.45, 7) is 5.99. The Labute approximate surface area is 135 Å². The van der Waals surface area contributed by atoms with E-state index < -0.39 is 4.75 Å². The molecule has 1 aromatic heterocycles. The lowest BCUT2D eigenvalue weighted by molar-refractivity contribution is 0.711. The highest BCUT2D eigenvalue weighted by Crippen LogP contribution is 2.30. The molecule has 2 aromatic carbocycles. The molecule has 0 aliphatic rings. The highest BCUT2D eigenvalue weighted by molar-refractivity contribution is 7.81. The van der Waals surface area contributed by atoms with Crippen molar-refractivity contribution < 1.29 is 0 Å². The minimum absolute atomic E-state index is 0.0129. The predicted molar refractivity (Wildman–Crippen MR) is 96.3 cm³/mol. The van der Waals surface area contributed by atoms with Crippen molar-refractivity contribution in [2.75, 3.05) is 0 Å². The van der Waals surface area contributed by atoms with Gasteiger partial charge in [0.05, 0.1) is 5.39 Å². The second-order valence-electron chi connectivity index (χ2n) is 6.10. The lowest BCUT2D eigenvalue weighted by Gasteiger charge is -2.24. The van der Waals surface area contributed by atoms with Crippen molar-refractivity contribution in [1.82, 2.24) is 4.57 Å². The first-order valence-electron chi connectivity index (χ1n) is 7.33. The summed E-state index contributed by atoms with van der Waals surface area (Å²) >= 11 is 4.70. The highest BCUT2D eigenvalue weighted by Gasteiger charge is 2.22. The van der Waals surface area contributed by atoms with Crippen molar-refractivity contribution in [3.05, 3.63) is 76.2 Å². The van der Waals surface area contributed by atoms with Gasteiger partial charge in [-0.15, -0.1) is 0 Å². The fraction of sp³-hybridized carbons (Fsp3) is 0.211. The van der Waals surface area contributed by atoms with Gasteiger partial charge in [-0.25, -0.2) is 0 Å². The van der Waals surface area contributed by atoms with E-state index in [-0.39, 0.29) is 5.56 Å². The summed E-state index contributed by atoms with van der Waals surface area (Å²) in [6, 6.07) is 17.8. The van der Waals surface area contributed by atoms with Gasteiger partial charge in [0.1, 0.15) is 0 Å². The Kier molecular flexibility index (Phi) is 3.61. The summed E-state index contributed by atoms with van der Waals surface area (Å²) in [4.78, 5) is 13.1. The maximum absolute atomic E-state index is 13.1. The lowest BCUT2D eigenvalue weighted by atomic mass is 10.0. The fourth-order valence-electron chi connectivity index (χ4n) is 2.82. The molecule has 1 heterocycles. The van der Waals surface area contributed by atoms with E-state index in [4.69, 9.17) is 12.6 Å². The minimum Gasteiger partial charge on any atom is -0.279 e. The van der Waals surface area contributed by atoms with Crippen LogP contribution < -0.4 is 5.56 Å². The summed E-state index contributed by atoms with van der Waals surface area (Å²) in [7, 11) is 0. The van der Waals surface area contributed by atoms with E-state index in [0.717, 1.165) is 27.7 Å². The quantitative estimate of drug-likeness (QED) is 0.693. The normalized spacial score (nSPS) is 11.8. The van der Waals surface area contributed by atoms with Gasteiger partial charge in [0.15, 0.2) is 0 Å². The summed E-state index contributed by atoms with van der Waals surface area (Å²) in [6.07, 6.45) is 0. The van der Waals surface area contributed by atoms with Gasteiger partial charge in [-0.05, 0) is 49.9 Å².